The van der Waals surface area contributed by atoms with Gasteiger partial charge in [0.1, 0.15) is 0 Å². The van der Waals surface area contributed by atoms with E-state index in [1.54, 1.807) is 5.57 Å². The molecule has 0 heterocycles. The lowest BCUT2D eigenvalue weighted by Gasteiger charge is -2.58. The van der Waals surface area contributed by atoms with Gasteiger partial charge in [0.25, 0.3) is 0 Å². The Hall–Kier alpha value is -0.560. The monoisotopic (exact) mass is 384 g/mol. The van der Waals surface area contributed by atoms with Gasteiger partial charge in [-0.25, -0.2) is 0 Å². The SMILES string of the molecule is CC(C)C/C=C/[C@@H](C)[C@H]1CCC2[C@@H]3CC=C4C[C@@H](O)CC[C@]4(C)[C@H]3CC[C@@]21C. The van der Waals surface area contributed by atoms with Crippen molar-refractivity contribution in [2.75, 3.05) is 0 Å². The Morgan fingerprint density at radius 1 is 1.07 bits per heavy atom. The molecule has 1 N–H and O–H groups in total. The van der Waals surface area contributed by atoms with Crippen LogP contribution >= 0.6 is 0 Å². The number of allylic oxidation sites excluding steroid dienone is 3. The summed E-state index contributed by atoms with van der Waals surface area (Å²) in [6, 6.07) is 0. The number of fused-ring (bicyclic) bond motifs is 5. The van der Waals surface area contributed by atoms with Crippen molar-refractivity contribution >= 4 is 0 Å². The number of aliphatic hydroxyl groups excluding tert-OH is 1. The highest BCUT2D eigenvalue weighted by molar-refractivity contribution is 5.25. The summed E-state index contributed by atoms with van der Waals surface area (Å²) in [6.45, 7) is 12.3. The zero-order chi connectivity index (χ0) is 20.1. The van der Waals surface area contributed by atoms with Gasteiger partial charge in [-0.05, 0) is 104 Å². The maximum atomic E-state index is 10.2. The smallest absolute Gasteiger partial charge is 0.0577 e. The highest BCUT2D eigenvalue weighted by atomic mass is 16.3. The number of aliphatic hydroxyl groups is 1. The first-order chi connectivity index (χ1) is 13.3. The van der Waals surface area contributed by atoms with Crippen LogP contribution in [0.25, 0.3) is 0 Å². The second-order valence-corrected chi connectivity index (χ2v) is 11.8. The summed E-state index contributed by atoms with van der Waals surface area (Å²) in [5.41, 5.74) is 2.53. The number of hydrogen-bond donors (Lipinski definition) is 1. The Morgan fingerprint density at radius 2 is 1.86 bits per heavy atom. The molecule has 4 aliphatic carbocycles. The van der Waals surface area contributed by atoms with E-state index in [4.69, 9.17) is 0 Å². The van der Waals surface area contributed by atoms with E-state index >= 15 is 0 Å². The third kappa shape index (κ3) is 3.34. The van der Waals surface area contributed by atoms with Gasteiger partial charge in [-0.2, -0.15) is 0 Å². The van der Waals surface area contributed by atoms with Crippen molar-refractivity contribution < 1.29 is 5.11 Å². The second-order valence-electron chi connectivity index (χ2n) is 11.8. The zero-order valence-electron chi connectivity index (χ0n) is 19.1. The Labute approximate surface area is 174 Å². The molecule has 0 radical (unpaired) electrons. The predicted molar refractivity (Wildman–Crippen MR) is 119 cm³/mol. The van der Waals surface area contributed by atoms with Crippen molar-refractivity contribution in [1.82, 2.24) is 0 Å². The van der Waals surface area contributed by atoms with Crippen molar-refractivity contribution in [3.8, 4) is 0 Å². The van der Waals surface area contributed by atoms with Gasteiger partial charge < -0.3 is 5.11 Å². The van der Waals surface area contributed by atoms with Gasteiger partial charge in [0, 0.05) is 0 Å². The maximum Gasteiger partial charge on any atom is 0.0577 e. The standard InChI is InChI=1S/C27H44O/c1-18(2)7-6-8-19(3)23-11-12-24-22-10-9-20-17-21(28)13-15-26(20,4)25(22)14-16-27(23,24)5/h6,8-9,18-19,21-25,28H,7,10-17H2,1-5H3/b8-6+/t19-,21+,22+,23-,24?,25+,26+,27-/m1/s1. The molecule has 0 saturated heterocycles. The molecule has 28 heavy (non-hydrogen) atoms. The summed E-state index contributed by atoms with van der Waals surface area (Å²) in [5.74, 6) is 5.03. The van der Waals surface area contributed by atoms with Gasteiger partial charge in [0.15, 0.2) is 0 Å². The number of hydrogen-bond acceptors (Lipinski definition) is 1. The molecule has 8 atom stereocenters. The Morgan fingerprint density at radius 3 is 2.61 bits per heavy atom. The first-order valence-corrected chi connectivity index (χ1v) is 12.3. The Bertz CT molecular complexity index is 630. The van der Waals surface area contributed by atoms with Crippen LogP contribution in [0.15, 0.2) is 23.8 Å². The lowest BCUT2D eigenvalue weighted by Crippen LogP contribution is -2.50. The molecule has 4 rings (SSSR count). The maximum absolute atomic E-state index is 10.2. The first kappa shape index (κ1) is 20.7. The molecule has 3 saturated carbocycles. The van der Waals surface area contributed by atoms with Crippen LogP contribution in [0.2, 0.25) is 0 Å². The summed E-state index contributed by atoms with van der Waals surface area (Å²) in [5, 5.41) is 10.2. The molecule has 0 aliphatic heterocycles. The molecule has 1 nitrogen and oxygen atoms in total. The second kappa shape index (κ2) is 7.60. The minimum absolute atomic E-state index is 0.0842. The number of rotatable bonds is 4. The molecule has 0 aromatic heterocycles. The molecule has 0 amide bonds. The minimum atomic E-state index is -0.0842. The molecular formula is C27H44O. The van der Waals surface area contributed by atoms with Crippen LogP contribution in [0.3, 0.4) is 0 Å². The van der Waals surface area contributed by atoms with Crippen LogP contribution in [-0.2, 0) is 0 Å². The van der Waals surface area contributed by atoms with Gasteiger partial charge in [-0.1, -0.05) is 58.4 Å². The van der Waals surface area contributed by atoms with Gasteiger partial charge in [-0.15, -0.1) is 0 Å². The molecule has 158 valence electrons. The fourth-order valence-electron chi connectivity index (χ4n) is 8.25. The van der Waals surface area contributed by atoms with Gasteiger partial charge in [0.2, 0.25) is 0 Å². The Kier molecular flexibility index (Phi) is 5.62. The minimum Gasteiger partial charge on any atom is -0.393 e. The van der Waals surface area contributed by atoms with E-state index < -0.39 is 0 Å². The fraction of sp³-hybridized carbons (Fsp3) is 0.852. The fourth-order valence-corrected chi connectivity index (χ4v) is 8.25. The topological polar surface area (TPSA) is 20.2 Å². The average molecular weight is 385 g/mol. The third-order valence-electron chi connectivity index (χ3n) is 9.83. The summed E-state index contributed by atoms with van der Waals surface area (Å²) in [6.07, 6.45) is 18.9. The molecule has 0 aromatic rings. The van der Waals surface area contributed by atoms with Crippen LogP contribution < -0.4 is 0 Å². The summed E-state index contributed by atoms with van der Waals surface area (Å²) in [4.78, 5) is 0. The molecular weight excluding hydrogens is 340 g/mol. The van der Waals surface area contributed by atoms with Crippen molar-refractivity contribution in [2.45, 2.75) is 98.5 Å². The van der Waals surface area contributed by atoms with Crippen LogP contribution in [0.5, 0.6) is 0 Å². The van der Waals surface area contributed by atoms with Crippen molar-refractivity contribution in [2.24, 2.45) is 46.3 Å². The van der Waals surface area contributed by atoms with E-state index in [0.29, 0.717) is 10.8 Å². The van der Waals surface area contributed by atoms with Gasteiger partial charge in [-0.3, -0.25) is 0 Å². The summed E-state index contributed by atoms with van der Waals surface area (Å²) >= 11 is 0. The van der Waals surface area contributed by atoms with Crippen molar-refractivity contribution in [3.05, 3.63) is 23.8 Å². The normalized spacial score (nSPS) is 46.8. The first-order valence-electron chi connectivity index (χ1n) is 12.3. The van der Waals surface area contributed by atoms with E-state index in [2.05, 4.69) is 52.8 Å². The van der Waals surface area contributed by atoms with E-state index in [0.717, 1.165) is 48.3 Å². The predicted octanol–water partition coefficient (Wildman–Crippen LogP) is 7.16. The van der Waals surface area contributed by atoms with Crippen LogP contribution in [0.1, 0.15) is 92.4 Å². The Balaban J connectivity index is 1.53. The molecule has 1 heteroatoms. The van der Waals surface area contributed by atoms with Crippen LogP contribution in [0.4, 0.5) is 0 Å². The van der Waals surface area contributed by atoms with Gasteiger partial charge >= 0.3 is 0 Å². The van der Waals surface area contributed by atoms with E-state index in [-0.39, 0.29) is 6.10 Å². The van der Waals surface area contributed by atoms with Crippen molar-refractivity contribution in [1.29, 1.82) is 0 Å². The van der Waals surface area contributed by atoms with E-state index in [1.807, 2.05) is 0 Å². The largest absolute Gasteiger partial charge is 0.393 e. The zero-order valence-corrected chi connectivity index (χ0v) is 19.1. The molecule has 4 aliphatic rings. The quantitative estimate of drug-likeness (QED) is 0.510. The van der Waals surface area contributed by atoms with E-state index in [9.17, 15) is 5.11 Å². The van der Waals surface area contributed by atoms with Gasteiger partial charge in [0.05, 0.1) is 6.10 Å². The lowest BCUT2D eigenvalue weighted by atomic mass is 9.47. The summed E-state index contributed by atoms with van der Waals surface area (Å²) in [7, 11) is 0. The van der Waals surface area contributed by atoms with Crippen molar-refractivity contribution in [3.63, 3.8) is 0 Å². The van der Waals surface area contributed by atoms with Crippen LogP contribution in [-0.4, -0.2) is 11.2 Å². The highest BCUT2D eigenvalue weighted by Gasteiger charge is 2.58. The lowest BCUT2D eigenvalue weighted by molar-refractivity contribution is -0.0540. The molecule has 1 unspecified atom stereocenters. The molecule has 0 aromatic carbocycles. The molecule has 3 fully saturated rings. The highest BCUT2D eigenvalue weighted by Crippen LogP contribution is 2.67. The van der Waals surface area contributed by atoms with E-state index in [1.165, 1.54) is 44.9 Å². The average Bonchev–Trinajstić information content (AvgIpc) is 2.99. The summed E-state index contributed by atoms with van der Waals surface area (Å²) < 4.78 is 0. The molecule has 0 spiro atoms. The van der Waals surface area contributed by atoms with Crippen LogP contribution in [0, 0.1) is 46.3 Å². The third-order valence-corrected chi connectivity index (χ3v) is 9.83. The molecule has 0 bridgehead atoms.